The van der Waals surface area contributed by atoms with Crippen molar-refractivity contribution in [1.29, 1.82) is 0 Å². The van der Waals surface area contributed by atoms with Crippen molar-refractivity contribution in [3.8, 4) is 0 Å². The van der Waals surface area contributed by atoms with Gasteiger partial charge in [-0.3, -0.25) is 0 Å². The van der Waals surface area contributed by atoms with Crippen molar-refractivity contribution in [1.82, 2.24) is 0 Å². The largest absolute Gasteiger partial charge is 0.398 e. The summed E-state index contributed by atoms with van der Waals surface area (Å²) >= 11 is 5.86. The van der Waals surface area contributed by atoms with Crippen LogP contribution >= 0.6 is 11.6 Å². The van der Waals surface area contributed by atoms with Crippen LogP contribution in [0.1, 0.15) is 37.2 Å². The van der Waals surface area contributed by atoms with Crippen LogP contribution < -0.4 is 5.73 Å². The highest BCUT2D eigenvalue weighted by Gasteiger charge is 2.17. The quantitative estimate of drug-likeness (QED) is 0.682. The first-order valence-electron chi connectivity index (χ1n) is 4.82. The molecule has 1 aromatic rings. The first-order valence-corrected chi connectivity index (χ1v) is 5.20. The summed E-state index contributed by atoms with van der Waals surface area (Å²) in [6.07, 6.45) is 5.32. The van der Waals surface area contributed by atoms with E-state index in [1.54, 1.807) is 0 Å². The molecule has 0 radical (unpaired) electrons. The molecular formula is C11H14ClN. The van der Waals surface area contributed by atoms with Gasteiger partial charge < -0.3 is 5.73 Å². The van der Waals surface area contributed by atoms with Crippen molar-refractivity contribution in [2.75, 3.05) is 5.73 Å². The Morgan fingerprint density at radius 2 is 1.92 bits per heavy atom. The lowest BCUT2D eigenvalue weighted by atomic mass is 9.97. The van der Waals surface area contributed by atoms with Crippen LogP contribution in [0.4, 0.5) is 5.69 Å². The van der Waals surface area contributed by atoms with Gasteiger partial charge in [0.1, 0.15) is 0 Å². The molecule has 1 aliphatic rings. The number of nitrogens with two attached hydrogens (primary N) is 1. The van der Waals surface area contributed by atoms with Gasteiger partial charge >= 0.3 is 0 Å². The number of halogens is 1. The smallest absolute Gasteiger partial charge is 0.0635 e. The van der Waals surface area contributed by atoms with E-state index >= 15 is 0 Å². The summed E-state index contributed by atoms with van der Waals surface area (Å²) in [6.45, 7) is 0. The zero-order valence-electron chi connectivity index (χ0n) is 7.59. The standard InChI is InChI=1S/C11H14ClN/c12-10-6-5-9(7-11(10)13)8-3-1-2-4-8/h5-8H,1-4,13H2. The second-order valence-corrected chi connectivity index (χ2v) is 4.17. The lowest BCUT2D eigenvalue weighted by molar-refractivity contribution is 0.724. The van der Waals surface area contributed by atoms with E-state index in [0.717, 1.165) is 5.92 Å². The Labute approximate surface area is 83.9 Å². The number of benzene rings is 1. The molecule has 2 N–H and O–H groups in total. The van der Waals surface area contributed by atoms with Crippen molar-refractivity contribution < 1.29 is 0 Å². The molecule has 1 saturated carbocycles. The Balaban J connectivity index is 2.25. The second kappa shape index (κ2) is 3.59. The number of anilines is 1. The monoisotopic (exact) mass is 195 g/mol. The first kappa shape index (κ1) is 8.89. The van der Waals surface area contributed by atoms with Gasteiger partial charge in [0.2, 0.25) is 0 Å². The molecule has 0 spiro atoms. The fourth-order valence-electron chi connectivity index (χ4n) is 2.08. The maximum absolute atomic E-state index is 5.86. The van der Waals surface area contributed by atoms with Crippen LogP contribution in [0, 0.1) is 0 Å². The summed E-state index contributed by atoms with van der Waals surface area (Å²) in [6, 6.07) is 6.04. The first-order chi connectivity index (χ1) is 6.27. The van der Waals surface area contributed by atoms with Gasteiger partial charge in [-0.25, -0.2) is 0 Å². The summed E-state index contributed by atoms with van der Waals surface area (Å²) in [5, 5.41) is 0.668. The van der Waals surface area contributed by atoms with Gasteiger partial charge in [0.05, 0.1) is 10.7 Å². The predicted octanol–water partition coefficient (Wildman–Crippen LogP) is 3.58. The Morgan fingerprint density at radius 1 is 1.23 bits per heavy atom. The number of hydrogen-bond donors (Lipinski definition) is 1. The number of hydrogen-bond acceptors (Lipinski definition) is 1. The molecular weight excluding hydrogens is 182 g/mol. The van der Waals surface area contributed by atoms with Gasteiger partial charge in [-0.15, -0.1) is 0 Å². The van der Waals surface area contributed by atoms with E-state index in [0.29, 0.717) is 10.7 Å². The van der Waals surface area contributed by atoms with Crippen LogP contribution in [-0.2, 0) is 0 Å². The van der Waals surface area contributed by atoms with Crippen molar-refractivity contribution >= 4 is 17.3 Å². The van der Waals surface area contributed by atoms with Gasteiger partial charge in [0.25, 0.3) is 0 Å². The molecule has 1 aromatic carbocycles. The minimum atomic E-state index is 0.668. The van der Waals surface area contributed by atoms with E-state index in [9.17, 15) is 0 Å². The maximum atomic E-state index is 5.86. The normalized spacial score (nSPS) is 17.9. The van der Waals surface area contributed by atoms with Crippen LogP contribution in [0.2, 0.25) is 5.02 Å². The van der Waals surface area contributed by atoms with Crippen LogP contribution in [0.3, 0.4) is 0 Å². The predicted molar refractivity (Wildman–Crippen MR) is 57.1 cm³/mol. The average molecular weight is 196 g/mol. The summed E-state index contributed by atoms with van der Waals surface area (Å²) in [4.78, 5) is 0. The Bertz CT molecular complexity index is 303. The minimum absolute atomic E-state index is 0.668. The molecule has 0 bridgehead atoms. The van der Waals surface area contributed by atoms with Crippen LogP contribution in [-0.4, -0.2) is 0 Å². The number of rotatable bonds is 1. The third-order valence-corrected chi connectivity index (χ3v) is 3.19. The molecule has 0 saturated heterocycles. The maximum Gasteiger partial charge on any atom is 0.0635 e. The van der Waals surface area contributed by atoms with E-state index < -0.39 is 0 Å². The van der Waals surface area contributed by atoms with E-state index in [1.165, 1.54) is 31.2 Å². The fourth-order valence-corrected chi connectivity index (χ4v) is 2.19. The molecule has 1 aliphatic carbocycles. The molecule has 0 heterocycles. The molecule has 2 rings (SSSR count). The number of nitrogen functional groups attached to an aromatic ring is 1. The summed E-state index contributed by atoms with van der Waals surface area (Å²) in [5.41, 5.74) is 7.83. The summed E-state index contributed by atoms with van der Waals surface area (Å²) < 4.78 is 0. The molecule has 2 heteroatoms. The Kier molecular flexibility index (Phi) is 2.45. The average Bonchev–Trinajstić information content (AvgIpc) is 2.62. The highest BCUT2D eigenvalue weighted by Crippen LogP contribution is 2.35. The molecule has 0 aliphatic heterocycles. The highest BCUT2D eigenvalue weighted by atomic mass is 35.5. The SMILES string of the molecule is Nc1cc(C2CCCC2)ccc1Cl. The highest BCUT2D eigenvalue weighted by molar-refractivity contribution is 6.33. The van der Waals surface area contributed by atoms with Gasteiger partial charge in [0.15, 0.2) is 0 Å². The third-order valence-electron chi connectivity index (χ3n) is 2.85. The molecule has 0 unspecified atom stereocenters. The van der Waals surface area contributed by atoms with Gasteiger partial charge in [-0.1, -0.05) is 30.5 Å². The van der Waals surface area contributed by atoms with E-state index in [2.05, 4.69) is 6.07 Å². The van der Waals surface area contributed by atoms with E-state index in [4.69, 9.17) is 17.3 Å². The zero-order valence-corrected chi connectivity index (χ0v) is 8.35. The van der Waals surface area contributed by atoms with Crippen molar-refractivity contribution in [3.63, 3.8) is 0 Å². The topological polar surface area (TPSA) is 26.0 Å². The van der Waals surface area contributed by atoms with Gasteiger partial charge in [-0.05, 0) is 36.5 Å². The van der Waals surface area contributed by atoms with Crippen molar-refractivity contribution in [3.05, 3.63) is 28.8 Å². The fraction of sp³-hybridized carbons (Fsp3) is 0.455. The molecule has 0 atom stereocenters. The van der Waals surface area contributed by atoms with Gasteiger partial charge in [-0.2, -0.15) is 0 Å². The van der Waals surface area contributed by atoms with Crippen LogP contribution in [0.5, 0.6) is 0 Å². The molecule has 0 amide bonds. The molecule has 1 nitrogen and oxygen atoms in total. The molecule has 1 fully saturated rings. The van der Waals surface area contributed by atoms with Crippen LogP contribution in [0.15, 0.2) is 18.2 Å². The molecule has 70 valence electrons. The van der Waals surface area contributed by atoms with Crippen molar-refractivity contribution in [2.45, 2.75) is 31.6 Å². The summed E-state index contributed by atoms with van der Waals surface area (Å²) in [7, 11) is 0. The van der Waals surface area contributed by atoms with Gasteiger partial charge in [0, 0.05) is 0 Å². The minimum Gasteiger partial charge on any atom is -0.398 e. The molecule has 13 heavy (non-hydrogen) atoms. The second-order valence-electron chi connectivity index (χ2n) is 3.76. The van der Waals surface area contributed by atoms with E-state index in [1.807, 2.05) is 12.1 Å². The van der Waals surface area contributed by atoms with Crippen LogP contribution in [0.25, 0.3) is 0 Å². The summed E-state index contributed by atoms with van der Waals surface area (Å²) in [5.74, 6) is 0.722. The Morgan fingerprint density at radius 3 is 2.54 bits per heavy atom. The lowest BCUT2D eigenvalue weighted by Crippen LogP contribution is -1.94. The third kappa shape index (κ3) is 1.80. The molecule has 0 aromatic heterocycles. The zero-order chi connectivity index (χ0) is 9.26. The van der Waals surface area contributed by atoms with Crippen molar-refractivity contribution in [2.24, 2.45) is 0 Å². The Hall–Kier alpha value is -0.690. The lowest BCUT2D eigenvalue weighted by Gasteiger charge is -2.10. The van der Waals surface area contributed by atoms with E-state index in [-0.39, 0.29) is 0 Å².